The SMILES string of the molecule is COCCCOc1ccccc1C1CNC(=O)CC12CCN(C(=O)[C@](O)(c1ccccc1)C(F)(F)F)CC2. The van der Waals surface area contributed by atoms with E-state index in [1.54, 1.807) is 7.11 Å². The van der Waals surface area contributed by atoms with Gasteiger partial charge in [0.25, 0.3) is 11.5 Å². The number of nitrogens with zero attached hydrogens (tertiary/aromatic N) is 1. The van der Waals surface area contributed by atoms with Crippen molar-refractivity contribution in [2.45, 2.75) is 43.4 Å². The summed E-state index contributed by atoms with van der Waals surface area (Å²) in [7, 11) is 1.62. The minimum Gasteiger partial charge on any atom is -0.493 e. The predicted molar refractivity (Wildman–Crippen MR) is 133 cm³/mol. The summed E-state index contributed by atoms with van der Waals surface area (Å²) in [5.74, 6) is -0.981. The molecule has 2 aliphatic rings. The van der Waals surface area contributed by atoms with Gasteiger partial charge in [-0.1, -0.05) is 48.5 Å². The second-order valence-corrected chi connectivity index (χ2v) is 9.99. The van der Waals surface area contributed by atoms with E-state index in [0.717, 1.165) is 22.6 Å². The van der Waals surface area contributed by atoms with Gasteiger partial charge in [-0.05, 0) is 29.9 Å². The zero-order valence-corrected chi connectivity index (χ0v) is 21.3. The fraction of sp³-hybridized carbons (Fsp3) is 0.500. The van der Waals surface area contributed by atoms with E-state index >= 15 is 0 Å². The summed E-state index contributed by atoms with van der Waals surface area (Å²) < 4.78 is 53.4. The molecule has 2 saturated heterocycles. The maximum absolute atomic E-state index is 14.1. The molecule has 0 radical (unpaired) electrons. The Morgan fingerprint density at radius 2 is 1.74 bits per heavy atom. The van der Waals surface area contributed by atoms with Crippen LogP contribution in [-0.2, 0) is 19.9 Å². The number of piperidine rings is 2. The molecule has 7 nitrogen and oxygen atoms in total. The van der Waals surface area contributed by atoms with E-state index in [1.165, 1.54) is 18.2 Å². The topological polar surface area (TPSA) is 88.1 Å². The van der Waals surface area contributed by atoms with E-state index in [9.17, 15) is 27.9 Å². The van der Waals surface area contributed by atoms with Gasteiger partial charge in [-0.15, -0.1) is 0 Å². The highest BCUT2D eigenvalue weighted by molar-refractivity contribution is 5.87. The van der Waals surface area contributed by atoms with Gasteiger partial charge < -0.3 is 24.8 Å². The third-order valence-corrected chi connectivity index (χ3v) is 7.76. The molecule has 2 amide bonds. The molecule has 206 valence electrons. The van der Waals surface area contributed by atoms with Gasteiger partial charge in [0.05, 0.1) is 6.61 Å². The van der Waals surface area contributed by atoms with Crippen LogP contribution >= 0.6 is 0 Å². The molecule has 2 aromatic carbocycles. The number of hydrogen-bond acceptors (Lipinski definition) is 5. The van der Waals surface area contributed by atoms with Gasteiger partial charge in [-0.3, -0.25) is 9.59 Å². The Labute approximate surface area is 219 Å². The number of likely N-dealkylation sites (tertiary alicyclic amines) is 1. The Bertz CT molecular complexity index is 1120. The number of hydrogen-bond donors (Lipinski definition) is 2. The largest absolute Gasteiger partial charge is 0.493 e. The summed E-state index contributed by atoms with van der Waals surface area (Å²) in [4.78, 5) is 26.8. The van der Waals surface area contributed by atoms with Crippen LogP contribution < -0.4 is 10.1 Å². The summed E-state index contributed by atoms with van der Waals surface area (Å²) in [6.45, 7) is 1.36. The van der Waals surface area contributed by atoms with Gasteiger partial charge in [-0.2, -0.15) is 13.2 Å². The van der Waals surface area contributed by atoms with E-state index < -0.39 is 28.7 Å². The molecule has 2 N–H and O–H groups in total. The number of benzene rings is 2. The second-order valence-electron chi connectivity index (χ2n) is 9.99. The van der Waals surface area contributed by atoms with Crippen LogP contribution in [0.25, 0.3) is 0 Å². The van der Waals surface area contributed by atoms with Crippen LogP contribution in [0.3, 0.4) is 0 Å². The smallest absolute Gasteiger partial charge is 0.430 e. The molecular weight excluding hydrogens is 501 g/mol. The molecule has 2 heterocycles. The van der Waals surface area contributed by atoms with Gasteiger partial charge in [0, 0.05) is 57.7 Å². The van der Waals surface area contributed by atoms with Crippen molar-refractivity contribution in [1.82, 2.24) is 10.2 Å². The highest BCUT2D eigenvalue weighted by Gasteiger charge is 2.62. The van der Waals surface area contributed by atoms with Gasteiger partial charge >= 0.3 is 6.18 Å². The molecule has 10 heteroatoms. The lowest BCUT2D eigenvalue weighted by molar-refractivity contribution is -0.262. The summed E-state index contributed by atoms with van der Waals surface area (Å²) in [6, 6.07) is 14.0. The molecule has 2 atom stereocenters. The Morgan fingerprint density at radius 1 is 1.08 bits per heavy atom. The van der Waals surface area contributed by atoms with Crippen molar-refractivity contribution >= 4 is 11.8 Å². The third kappa shape index (κ3) is 5.37. The number of ether oxygens (including phenoxy) is 2. The third-order valence-electron chi connectivity index (χ3n) is 7.76. The maximum atomic E-state index is 14.1. The first-order valence-corrected chi connectivity index (χ1v) is 12.7. The van der Waals surface area contributed by atoms with Gasteiger partial charge in [0.2, 0.25) is 5.91 Å². The van der Waals surface area contributed by atoms with Crippen molar-refractivity contribution in [3.63, 3.8) is 0 Å². The highest BCUT2D eigenvalue weighted by Crippen LogP contribution is 2.51. The molecule has 4 rings (SSSR count). The quantitative estimate of drug-likeness (QED) is 0.504. The zero-order valence-electron chi connectivity index (χ0n) is 21.3. The summed E-state index contributed by atoms with van der Waals surface area (Å²) >= 11 is 0. The highest BCUT2D eigenvalue weighted by atomic mass is 19.4. The van der Waals surface area contributed by atoms with E-state index in [-0.39, 0.29) is 31.3 Å². The number of carbonyl (C=O) groups excluding carboxylic acids is 2. The van der Waals surface area contributed by atoms with Crippen LogP contribution in [0.15, 0.2) is 54.6 Å². The number of alkyl halides is 3. The van der Waals surface area contributed by atoms with Gasteiger partial charge in [0.15, 0.2) is 0 Å². The number of para-hydroxylation sites is 1. The molecule has 2 fully saturated rings. The molecule has 0 aliphatic carbocycles. The van der Waals surface area contributed by atoms with Crippen LogP contribution in [0.2, 0.25) is 0 Å². The average Bonchev–Trinajstić information content (AvgIpc) is 2.91. The second kappa shape index (κ2) is 11.3. The standard InChI is InChI=1S/C28H33F3N2O5/c1-37-16-7-17-38-23-11-6-5-10-21(23)22-19-32-24(34)18-26(22)12-14-33(15-13-26)25(35)27(36,28(29,30)31)20-8-3-2-4-9-20/h2-6,8-11,22,36H,7,12-19H2,1H3,(H,32,34)/t22?,27-/m1/s1. The van der Waals surface area contributed by atoms with Gasteiger partial charge in [-0.25, -0.2) is 0 Å². The van der Waals surface area contributed by atoms with Crippen molar-refractivity contribution < 1.29 is 37.3 Å². The Morgan fingerprint density at radius 3 is 2.39 bits per heavy atom. The lowest BCUT2D eigenvalue weighted by Gasteiger charge is -2.50. The summed E-state index contributed by atoms with van der Waals surface area (Å²) in [5.41, 5.74) is -3.81. The molecule has 38 heavy (non-hydrogen) atoms. The molecule has 1 unspecified atom stereocenters. The molecule has 2 aliphatic heterocycles. The Kier molecular flexibility index (Phi) is 8.32. The van der Waals surface area contributed by atoms with Crippen molar-refractivity contribution in [2.75, 3.05) is 40.0 Å². The number of nitrogens with one attached hydrogen (secondary N) is 1. The Balaban J connectivity index is 1.57. The molecule has 2 aromatic rings. The number of methoxy groups -OCH3 is 1. The minimum absolute atomic E-state index is 0.00923. The summed E-state index contributed by atoms with van der Waals surface area (Å²) in [6.07, 6.45) is -3.67. The van der Waals surface area contributed by atoms with Crippen molar-refractivity contribution in [3.05, 3.63) is 65.7 Å². The van der Waals surface area contributed by atoms with Crippen LogP contribution in [0.1, 0.15) is 42.7 Å². The van der Waals surface area contributed by atoms with Crippen LogP contribution in [0.5, 0.6) is 5.75 Å². The van der Waals surface area contributed by atoms with E-state index in [4.69, 9.17) is 9.47 Å². The molecular formula is C28H33F3N2O5. The molecule has 0 aromatic heterocycles. The molecule has 0 saturated carbocycles. The van der Waals surface area contributed by atoms with E-state index in [0.29, 0.717) is 44.8 Å². The minimum atomic E-state index is -5.20. The fourth-order valence-electron chi connectivity index (χ4n) is 5.66. The number of amides is 2. The van der Waals surface area contributed by atoms with Crippen LogP contribution in [0.4, 0.5) is 13.2 Å². The van der Waals surface area contributed by atoms with E-state index in [1.807, 2.05) is 24.3 Å². The molecule has 0 bridgehead atoms. The van der Waals surface area contributed by atoms with E-state index in [2.05, 4.69) is 5.32 Å². The lowest BCUT2D eigenvalue weighted by atomic mass is 9.62. The monoisotopic (exact) mass is 534 g/mol. The van der Waals surface area contributed by atoms with Crippen LogP contribution in [0, 0.1) is 5.41 Å². The Hall–Kier alpha value is -3.11. The zero-order chi connectivity index (χ0) is 27.4. The number of halogens is 3. The number of rotatable bonds is 8. The normalized spacial score (nSPS) is 21.0. The average molecular weight is 535 g/mol. The summed E-state index contributed by atoms with van der Waals surface area (Å²) in [5, 5.41) is 13.7. The first-order chi connectivity index (χ1) is 18.1. The number of aliphatic hydroxyl groups is 1. The van der Waals surface area contributed by atoms with Crippen molar-refractivity contribution in [3.8, 4) is 5.75 Å². The fourth-order valence-corrected chi connectivity index (χ4v) is 5.66. The predicted octanol–water partition coefficient (Wildman–Crippen LogP) is 3.76. The van der Waals surface area contributed by atoms with Gasteiger partial charge in [0.1, 0.15) is 5.75 Å². The maximum Gasteiger partial charge on any atom is 0.430 e. The van der Waals surface area contributed by atoms with Crippen molar-refractivity contribution in [1.29, 1.82) is 0 Å². The lowest BCUT2D eigenvalue weighted by Crippen LogP contribution is -2.59. The first-order valence-electron chi connectivity index (χ1n) is 12.7. The first kappa shape index (κ1) is 27.9. The van der Waals surface area contributed by atoms with Crippen LogP contribution in [-0.4, -0.2) is 68.0 Å². The van der Waals surface area contributed by atoms with Crippen molar-refractivity contribution in [2.24, 2.45) is 5.41 Å². The number of carbonyl (C=O) groups is 2. The molecule has 1 spiro atoms.